The molecule has 0 aromatic rings. The van der Waals surface area contributed by atoms with Crippen molar-refractivity contribution in [1.82, 2.24) is 0 Å². The SMILES string of the molecule is CC(C)OC(=O)C(=O)CC(=O)C(C)(C)C. The molecule has 0 fully saturated rings. The van der Waals surface area contributed by atoms with Crippen LogP contribution in [-0.2, 0) is 19.1 Å². The maximum Gasteiger partial charge on any atom is 0.375 e. The minimum absolute atomic E-state index is 0.256. The van der Waals surface area contributed by atoms with E-state index in [0.717, 1.165) is 0 Å². The van der Waals surface area contributed by atoms with Crippen LogP contribution in [0.2, 0.25) is 0 Å². The summed E-state index contributed by atoms with van der Waals surface area (Å²) >= 11 is 0. The predicted octanol–water partition coefficient (Wildman–Crippen LogP) is 1.51. The minimum atomic E-state index is -0.928. The summed E-state index contributed by atoms with van der Waals surface area (Å²) in [6, 6.07) is 0. The lowest BCUT2D eigenvalue weighted by atomic mass is 9.88. The molecule has 0 aromatic heterocycles. The van der Waals surface area contributed by atoms with Crippen LogP contribution in [0.5, 0.6) is 0 Å². The molecule has 0 aromatic carbocycles. The summed E-state index contributed by atoms with van der Waals surface area (Å²) in [6.45, 7) is 8.41. The van der Waals surface area contributed by atoms with E-state index in [1.54, 1.807) is 34.6 Å². The van der Waals surface area contributed by atoms with Gasteiger partial charge in [0.05, 0.1) is 12.5 Å². The van der Waals surface area contributed by atoms with Crippen molar-refractivity contribution >= 4 is 17.5 Å². The number of hydrogen-bond acceptors (Lipinski definition) is 4. The Morgan fingerprint density at radius 1 is 1.13 bits per heavy atom. The highest BCUT2D eigenvalue weighted by molar-refractivity contribution is 6.37. The molecular weight excluding hydrogens is 196 g/mol. The van der Waals surface area contributed by atoms with Crippen LogP contribution in [0, 0.1) is 5.41 Å². The standard InChI is InChI=1S/C11H18O4/c1-7(2)15-10(14)8(12)6-9(13)11(3,4)5/h7H,6H2,1-5H3. The van der Waals surface area contributed by atoms with Crippen molar-refractivity contribution in [2.75, 3.05) is 0 Å². The van der Waals surface area contributed by atoms with Gasteiger partial charge in [-0.1, -0.05) is 20.8 Å². The van der Waals surface area contributed by atoms with E-state index in [1.807, 2.05) is 0 Å². The van der Waals surface area contributed by atoms with Crippen molar-refractivity contribution < 1.29 is 19.1 Å². The zero-order valence-corrected chi connectivity index (χ0v) is 9.92. The van der Waals surface area contributed by atoms with Crippen molar-refractivity contribution in [3.05, 3.63) is 0 Å². The maximum absolute atomic E-state index is 11.4. The van der Waals surface area contributed by atoms with Crippen LogP contribution in [0.1, 0.15) is 41.0 Å². The fourth-order valence-electron chi connectivity index (χ4n) is 0.763. The number of carbonyl (C=O) groups excluding carboxylic acids is 3. The molecule has 0 unspecified atom stereocenters. The van der Waals surface area contributed by atoms with Crippen molar-refractivity contribution in [1.29, 1.82) is 0 Å². The molecule has 4 nitrogen and oxygen atoms in total. The van der Waals surface area contributed by atoms with Gasteiger partial charge in [0.1, 0.15) is 5.78 Å². The van der Waals surface area contributed by atoms with E-state index in [4.69, 9.17) is 0 Å². The molecule has 0 saturated carbocycles. The summed E-state index contributed by atoms with van der Waals surface area (Å²) in [4.78, 5) is 33.8. The van der Waals surface area contributed by atoms with Gasteiger partial charge in [0, 0.05) is 5.41 Å². The van der Waals surface area contributed by atoms with Gasteiger partial charge in [0.25, 0.3) is 0 Å². The van der Waals surface area contributed by atoms with Gasteiger partial charge in [-0.05, 0) is 13.8 Å². The normalized spacial score (nSPS) is 11.3. The molecule has 0 radical (unpaired) electrons. The Balaban J connectivity index is 4.27. The van der Waals surface area contributed by atoms with Gasteiger partial charge in [-0.2, -0.15) is 0 Å². The van der Waals surface area contributed by atoms with Gasteiger partial charge in [-0.25, -0.2) is 4.79 Å². The average molecular weight is 214 g/mol. The Morgan fingerprint density at radius 3 is 1.93 bits per heavy atom. The number of hydrogen-bond donors (Lipinski definition) is 0. The molecule has 0 amide bonds. The Bertz CT molecular complexity index is 271. The molecule has 0 N–H and O–H groups in total. The van der Waals surface area contributed by atoms with E-state index in [2.05, 4.69) is 4.74 Å². The molecule has 0 rings (SSSR count). The third-order valence-corrected chi connectivity index (χ3v) is 1.73. The topological polar surface area (TPSA) is 60.4 Å². The van der Waals surface area contributed by atoms with Gasteiger partial charge in [-0.15, -0.1) is 0 Å². The van der Waals surface area contributed by atoms with Gasteiger partial charge >= 0.3 is 5.97 Å². The minimum Gasteiger partial charge on any atom is -0.457 e. The summed E-state index contributed by atoms with van der Waals surface area (Å²) in [7, 11) is 0. The first-order valence-electron chi connectivity index (χ1n) is 4.91. The fraction of sp³-hybridized carbons (Fsp3) is 0.727. The number of ketones is 2. The second-order valence-electron chi connectivity index (χ2n) is 4.73. The quantitative estimate of drug-likeness (QED) is 0.404. The summed E-state index contributed by atoms with van der Waals surface area (Å²) < 4.78 is 4.68. The Labute approximate surface area is 90.0 Å². The highest BCUT2D eigenvalue weighted by Crippen LogP contribution is 2.16. The second kappa shape index (κ2) is 5.05. The number of esters is 1. The van der Waals surface area contributed by atoms with Crippen LogP contribution in [-0.4, -0.2) is 23.6 Å². The van der Waals surface area contributed by atoms with Gasteiger partial charge < -0.3 is 4.74 Å². The lowest BCUT2D eigenvalue weighted by Crippen LogP contribution is -2.28. The number of rotatable bonds is 4. The Hall–Kier alpha value is -1.19. The second-order valence-corrected chi connectivity index (χ2v) is 4.73. The molecule has 0 aliphatic carbocycles. The van der Waals surface area contributed by atoms with Crippen LogP contribution >= 0.6 is 0 Å². The number of ether oxygens (including phenoxy) is 1. The molecule has 0 heterocycles. The molecule has 15 heavy (non-hydrogen) atoms. The average Bonchev–Trinajstić information content (AvgIpc) is 2.00. The molecule has 0 aliphatic rings. The maximum atomic E-state index is 11.4. The molecule has 0 saturated heterocycles. The lowest BCUT2D eigenvalue weighted by Gasteiger charge is -2.15. The zero-order chi connectivity index (χ0) is 12.2. The molecule has 0 atom stereocenters. The summed E-state index contributed by atoms with van der Waals surface area (Å²) in [5, 5.41) is 0. The van der Waals surface area contributed by atoms with Gasteiger partial charge in [0.15, 0.2) is 0 Å². The van der Waals surface area contributed by atoms with Crippen LogP contribution in [0.4, 0.5) is 0 Å². The van der Waals surface area contributed by atoms with Crippen molar-refractivity contribution in [2.24, 2.45) is 5.41 Å². The molecular formula is C11H18O4. The molecule has 0 bridgehead atoms. The number of carbonyl (C=O) groups is 3. The highest BCUT2D eigenvalue weighted by Gasteiger charge is 2.27. The van der Waals surface area contributed by atoms with E-state index in [9.17, 15) is 14.4 Å². The van der Waals surface area contributed by atoms with Crippen LogP contribution in [0.3, 0.4) is 0 Å². The van der Waals surface area contributed by atoms with Crippen LogP contribution in [0.25, 0.3) is 0 Å². The number of Topliss-reactive ketones (excluding diaryl/α,β-unsaturated/α-hetero) is 2. The highest BCUT2D eigenvalue weighted by atomic mass is 16.5. The lowest BCUT2D eigenvalue weighted by molar-refractivity contribution is -0.157. The largest absolute Gasteiger partial charge is 0.457 e. The third-order valence-electron chi connectivity index (χ3n) is 1.73. The molecule has 0 spiro atoms. The fourth-order valence-corrected chi connectivity index (χ4v) is 0.763. The third kappa shape index (κ3) is 5.30. The summed E-state index contributed by atoms with van der Waals surface area (Å²) in [5.41, 5.74) is -0.603. The summed E-state index contributed by atoms with van der Waals surface area (Å²) in [5.74, 6) is -1.96. The predicted molar refractivity (Wildman–Crippen MR) is 55.3 cm³/mol. The smallest absolute Gasteiger partial charge is 0.375 e. The Kier molecular flexibility index (Phi) is 4.65. The molecule has 0 aliphatic heterocycles. The molecule has 86 valence electrons. The van der Waals surface area contributed by atoms with E-state index in [1.165, 1.54) is 0 Å². The van der Waals surface area contributed by atoms with Crippen molar-refractivity contribution in [3.8, 4) is 0 Å². The first kappa shape index (κ1) is 13.8. The Morgan fingerprint density at radius 2 is 1.60 bits per heavy atom. The van der Waals surface area contributed by atoms with E-state index in [0.29, 0.717) is 0 Å². The first-order valence-corrected chi connectivity index (χ1v) is 4.91. The van der Waals surface area contributed by atoms with E-state index >= 15 is 0 Å². The van der Waals surface area contributed by atoms with Crippen LogP contribution in [0.15, 0.2) is 0 Å². The van der Waals surface area contributed by atoms with E-state index < -0.39 is 17.2 Å². The van der Waals surface area contributed by atoms with Gasteiger partial charge in [0.2, 0.25) is 5.78 Å². The monoisotopic (exact) mass is 214 g/mol. The van der Waals surface area contributed by atoms with Crippen LogP contribution < -0.4 is 0 Å². The van der Waals surface area contributed by atoms with E-state index in [-0.39, 0.29) is 18.3 Å². The molecule has 4 heteroatoms. The van der Waals surface area contributed by atoms with Gasteiger partial charge in [-0.3, -0.25) is 9.59 Å². The zero-order valence-electron chi connectivity index (χ0n) is 9.92. The first-order chi connectivity index (χ1) is 6.64. The summed E-state index contributed by atoms with van der Waals surface area (Å²) in [6.07, 6.45) is -0.721. The van der Waals surface area contributed by atoms with Crippen molar-refractivity contribution in [3.63, 3.8) is 0 Å². The van der Waals surface area contributed by atoms with Crippen molar-refractivity contribution in [2.45, 2.75) is 47.1 Å².